The van der Waals surface area contributed by atoms with Crippen molar-refractivity contribution >= 4 is 46.9 Å². The Bertz CT molecular complexity index is 1110. The maximum atomic E-state index is 12.3. The molecule has 1 heterocycles. The van der Waals surface area contributed by atoms with Crippen LogP contribution in [-0.4, -0.2) is 44.2 Å². The summed E-state index contributed by atoms with van der Waals surface area (Å²) in [5.41, 5.74) is 1.89. The first-order valence-electron chi connectivity index (χ1n) is 9.23. The molecular formula is C22H19N3O4S2. The summed E-state index contributed by atoms with van der Waals surface area (Å²) in [5, 5.41) is 12.8. The van der Waals surface area contributed by atoms with E-state index in [-0.39, 0.29) is 28.8 Å². The summed E-state index contributed by atoms with van der Waals surface area (Å²) in [7, 11) is 0. The standard InChI is InChI=1S/C22H19N3O4S2/c1-14-10-20(25-22(23-14)31-12-18(26)15-6-3-2-4-7-15)30-13-19(27)24-17-9-5-8-16(11-17)21(28)29/h2-11H,12-13H2,1H3,(H,24,27)(H,28,29). The molecule has 3 aromatic rings. The molecule has 3 rings (SSSR count). The monoisotopic (exact) mass is 453 g/mol. The minimum absolute atomic E-state index is 0.00659. The molecule has 1 amide bonds. The zero-order chi connectivity index (χ0) is 22.2. The van der Waals surface area contributed by atoms with Crippen molar-refractivity contribution < 1.29 is 19.5 Å². The zero-order valence-electron chi connectivity index (χ0n) is 16.6. The molecule has 0 unspecified atom stereocenters. The van der Waals surface area contributed by atoms with E-state index in [2.05, 4.69) is 15.3 Å². The number of nitrogens with zero attached hydrogens (tertiary/aromatic N) is 2. The Kier molecular flexibility index (Phi) is 7.80. The van der Waals surface area contributed by atoms with Crippen LogP contribution in [0.2, 0.25) is 0 Å². The van der Waals surface area contributed by atoms with Gasteiger partial charge in [0.1, 0.15) is 5.03 Å². The molecule has 0 aliphatic heterocycles. The number of aromatic nitrogens is 2. The average molecular weight is 454 g/mol. The smallest absolute Gasteiger partial charge is 0.335 e. The Labute approximate surface area is 187 Å². The molecule has 9 heteroatoms. The van der Waals surface area contributed by atoms with Crippen LogP contribution in [0.25, 0.3) is 0 Å². The summed E-state index contributed by atoms with van der Waals surface area (Å²) in [6, 6.07) is 16.9. The fourth-order valence-electron chi connectivity index (χ4n) is 2.56. The zero-order valence-corrected chi connectivity index (χ0v) is 18.2. The van der Waals surface area contributed by atoms with Gasteiger partial charge in [0, 0.05) is 16.9 Å². The van der Waals surface area contributed by atoms with Gasteiger partial charge in [-0.05, 0) is 31.2 Å². The summed E-state index contributed by atoms with van der Waals surface area (Å²) in [5.74, 6) is -1.03. The van der Waals surface area contributed by atoms with Crippen molar-refractivity contribution in [1.29, 1.82) is 0 Å². The van der Waals surface area contributed by atoms with Crippen molar-refractivity contribution in [3.8, 4) is 0 Å². The van der Waals surface area contributed by atoms with Crippen molar-refractivity contribution in [2.75, 3.05) is 16.8 Å². The van der Waals surface area contributed by atoms with Gasteiger partial charge in [0.2, 0.25) is 5.91 Å². The largest absolute Gasteiger partial charge is 0.478 e. The topological polar surface area (TPSA) is 109 Å². The Morgan fingerprint density at radius 3 is 2.39 bits per heavy atom. The lowest BCUT2D eigenvalue weighted by Crippen LogP contribution is -2.14. The Hall–Kier alpha value is -3.17. The molecule has 7 nitrogen and oxygen atoms in total. The van der Waals surface area contributed by atoms with E-state index >= 15 is 0 Å². The highest BCUT2D eigenvalue weighted by Crippen LogP contribution is 2.22. The van der Waals surface area contributed by atoms with E-state index in [0.717, 1.165) is 5.69 Å². The molecule has 158 valence electrons. The average Bonchev–Trinajstić information content (AvgIpc) is 2.76. The highest BCUT2D eigenvalue weighted by atomic mass is 32.2. The summed E-state index contributed by atoms with van der Waals surface area (Å²) < 4.78 is 0. The van der Waals surface area contributed by atoms with Gasteiger partial charge in [0.05, 0.1) is 17.1 Å². The highest BCUT2D eigenvalue weighted by molar-refractivity contribution is 8.00. The summed E-state index contributed by atoms with van der Waals surface area (Å²) in [6.45, 7) is 1.83. The Morgan fingerprint density at radius 2 is 1.65 bits per heavy atom. The number of amides is 1. The number of carboxylic acid groups (broad SMARTS) is 1. The third-order valence-electron chi connectivity index (χ3n) is 3.98. The van der Waals surface area contributed by atoms with Gasteiger partial charge in [0.25, 0.3) is 0 Å². The van der Waals surface area contributed by atoms with E-state index in [4.69, 9.17) is 5.11 Å². The molecule has 0 spiro atoms. The van der Waals surface area contributed by atoms with Crippen LogP contribution in [0.1, 0.15) is 26.4 Å². The second-order valence-corrected chi connectivity index (χ2v) is 8.37. The van der Waals surface area contributed by atoms with Crippen molar-refractivity contribution in [2.24, 2.45) is 0 Å². The molecule has 0 atom stereocenters. The first-order chi connectivity index (χ1) is 14.9. The maximum absolute atomic E-state index is 12.3. The number of benzene rings is 2. The van der Waals surface area contributed by atoms with Crippen molar-refractivity contribution in [3.05, 3.63) is 77.5 Å². The number of Topliss-reactive ketones (excluding diaryl/α,β-unsaturated/α-hetero) is 1. The van der Waals surface area contributed by atoms with Gasteiger partial charge < -0.3 is 10.4 Å². The maximum Gasteiger partial charge on any atom is 0.335 e. The first kappa shape index (κ1) is 22.5. The molecule has 0 radical (unpaired) electrons. The third kappa shape index (κ3) is 6.94. The Balaban J connectivity index is 1.56. The number of carbonyl (C=O) groups is 3. The summed E-state index contributed by atoms with van der Waals surface area (Å²) in [4.78, 5) is 44.3. The lowest BCUT2D eigenvalue weighted by Gasteiger charge is -2.07. The number of carboxylic acids is 1. The second kappa shape index (κ2) is 10.7. The van der Waals surface area contributed by atoms with Gasteiger partial charge in [-0.15, -0.1) is 0 Å². The van der Waals surface area contributed by atoms with Crippen LogP contribution in [0.4, 0.5) is 5.69 Å². The molecule has 0 saturated heterocycles. The van der Waals surface area contributed by atoms with Crippen LogP contribution in [0.15, 0.2) is 70.8 Å². The number of hydrogen-bond donors (Lipinski definition) is 2. The number of rotatable bonds is 9. The molecular weight excluding hydrogens is 434 g/mol. The van der Waals surface area contributed by atoms with Crippen molar-refractivity contribution in [1.82, 2.24) is 9.97 Å². The second-order valence-electron chi connectivity index (χ2n) is 6.43. The molecule has 2 N–H and O–H groups in total. The molecule has 1 aromatic heterocycles. The van der Waals surface area contributed by atoms with E-state index in [1.54, 1.807) is 30.3 Å². The number of anilines is 1. The van der Waals surface area contributed by atoms with Gasteiger partial charge in [-0.3, -0.25) is 9.59 Å². The highest BCUT2D eigenvalue weighted by Gasteiger charge is 2.11. The van der Waals surface area contributed by atoms with Crippen molar-refractivity contribution in [3.63, 3.8) is 0 Å². The molecule has 31 heavy (non-hydrogen) atoms. The summed E-state index contributed by atoms with van der Waals surface area (Å²) >= 11 is 2.49. The van der Waals surface area contributed by atoms with Crippen LogP contribution in [0.3, 0.4) is 0 Å². The third-order valence-corrected chi connectivity index (χ3v) is 5.74. The molecule has 0 aliphatic rings. The fourth-order valence-corrected chi connectivity index (χ4v) is 4.17. The van der Waals surface area contributed by atoms with Gasteiger partial charge in [0.15, 0.2) is 10.9 Å². The van der Waals surface area contributed by atoms with Crippen molar-refractivity contribution in [2.45, 2.75) is 17.1 Å². The van der Waals surface area contributed by atoms with Gasteiger partial charge >= 0.3 is 5.97 Å². The van der Waals surface area contributed by atoms with Crippen LogP contribution in [-0.2, 0) is 4.79 Å². The minimum atomic E-state index is -1.06. The number of nitrogens with one attached hydrogen (secondary N) is 1. The van der Waals surface area contributed by atoms with Crippen LogP contribution < -0.4 is 5.32 Å². The van der Waals surface area contributed by atoms with E-state index in [9.17, 15) is 14.4 Å². The molecule has 0 saturated carbocycles. The van der Waals surface area contributed by atoms with Crippen LogP contribution >= 0.6 is 23.5 Å². The van der Waals surface area contributed by atoms with Gasteiger partial charge in [-0.1, -0.05) is 59.9 Å². The normalized spacial score (nSPS) is 10.5. The summed E-state index contributed by atoms with van der Waals surface area (Å²) in [6.07, 6.45) is 0. The fraction of sp³-hybridized carbons (Fsp3) is 0.136. The Morgan fingerprint density at radius 1 is 0.903 bits per heavy atom. The number of ketones is 1. The SMILES string of the molecule is Cc1cc(SCC(=O)Nc2cccc(C(=O)O)c2)nc(SCC(=O)c2ccccc2)n1. The van der Waals surface area contributed by atoms with E-state index in [1.807, 2.05) is 25.1 Å². The van der Waals surface area contributed by atoms with E-state index in [0.29, 0.717) is 21.4 Å². The van der Waals surface area contributed by atoms with Crippen LogP contribution in [0, 0.1) is 6.92 Å². The predicted molar refractivity (Wildman–Crippen MR) is 121 cm³/mol. The lowest BCUT2D eigenvalue weighted by molar-refractivity contribution is -0.113. The van der Waals surface area contributed by atoms with E-state index in [1.165, 1.54) is 35.7 Å². The number of thioether (sulfide) groups is 2. The minimum Gasteiger partial charge on any atom is -0.478 e. The number of aromatic carboxylic acids is 1. The van der Waals surface area contributed by atoms with Gasteiger partial charge in [-0.2, -0.15) is 0 Å². The van der Waals surface area contributed by atoms with Crippen LogP contribution in [0.5, 0.6) is 0 Å². The van der Waals surface area contributed by atoms with Gasteiger partial charge in [-0.25, -0.2) is 14.8 Å². The number of aryl methyl sites for hydroxylation is 1. The molecule has 0 bridgehead atoms. The number of carbonyl (C=O) groups excluding carboxylic acids is 2. The lowest BCUT2D eigenvalue weighted by atomic mass is 10.2. The van der Waals surface area contributed by atoms with E-state index < -0.39 is 5.97 Å². The molecule has 0 aliphatic carbocycles. The first-order valence-corrected chi connectivity index (χ1v) is 11.2. The number of hydrogen-bond acceptors (Lipinski definition) is 7. The predicted octanol–water partition coefficient (Wildman–Crippen LogP) is 4.19. The molecule has 2 aromatic carbocycles. The molecule has 0 fully saturated rings. The quantitative estimate of drug-likeness (QED) is 0.215.